The number of halogens is 2. The smallest absolute Gasteiger partial charge is 0.193 e. The van der Waals surface area contributed by atoms with Crippen molar-refractivity contribution in [1.82, 2.24) is 10.2 Å². The molecule has 5 nitrogen and oxygen atoms in total. The molecule has 0 spiro atoms. The molecule has 0 aromatic carbocycles. The summed E-state index contributed by atoms with van der Waals surface area (Å²) < 4.78 is 11.8. The molecule has 1 fully saturated rings. The number of methoxy groups -OCH3 is 1. The van der Waals surface area contributed by atoms with Crippen molar-refractivity contribution in [3.05, 3.63) is 20.8 Å². The topological polar surface area (TPSA) is 46.1 Å². The van der Waals surface area contributed by atoms with Crippen LogP contribution in [0.4, 0.5) is 0 Å². The largest absolute Gasteiger partial charge is 0.382 e. The maximum Gasteiger partial charge on any atom is 0.193 e. The average Bonchev–Trinajstić information content (AvgIpc) is 3.14. The number of nitrogens with one attached hydrogen (secondary N) is 1. The van der Waals surface area contributed by atoms with Crippen LogP contribution < -0.4 is 5.32 Å². The molecule has 2 rings (SSSR count). The van der Waals surface area contributed by atoms with Crippen molar-refractivity contribution in [3.8, 4) is 0 Å². The molecule has 2 heterocycles. The summed E-state index contributed by atoms with van der Waals surface area (Å²) in [6.07, 6.45) is 1.15. The van der Waals surface area contributed by atoms with Crippen molar-refractivity contribution in [2.75, 3.05) is 47.1 Å². The molecule has 1 N–H and O–H groups in total. The molecule has 1 aliphatic heterocycles. The number of likely N-dealkylation sites (tertiary alicyclic amines) is 1. The maximum atomic E-state index is 5.64. The molecule has 8 heteroatoms. The summed E-state index contributed by atoms with van der Waals surface area (Å²) in [5, 5.41) is 3.44. The van der Waals surface area contributed by atoms with Gasteiger partial charge in [0, 0.05) is 38.0 Å². The lowest BCUT2D eigenvalue weighted by molar-refractivity contribution is 0.0536. The first kappa shape index (κ1) is 21.1. The molecule has 0 saturated carbocycles. The van der Waals surface area contributed by atoms with E-state index in [0.29, 0.717) is 19.1 Å². The van der Waals surface area contributed by atoms with Crippen molar-refractivity contribution < 1.29 is 9.47 Å². The minimum atomic E-state index is 0. The van der Waals surface area contributed by atoms with Gasteiger partial charge in [-0.3, -0.25) is 4.99 Å². The monoisotopic (exact) mass is 517 g/mol. The SMILES string of the molecule is CN=C(NCc1ccc(Br)s1)N1CCC(COCCOC)C1.I. The van der Waals surface area contributed by atoms with Crippen LogP contribution in [0.3, 0.4) is 0 Å². The van der Waals surface area contributed by atoms with Crippen LogP contribution in [-0.2, 0) is 16.0 Å². The number of ether oxygens (including phenoxy) is 2. The number of rotatable bonds is 7. The van der Waals surface area contributed by atoms with Gasteiger partial charge in [-0.1, -0.05) is 0 Å². The molecule has 0 amide bonds. The highest BCUT2D eigenvalue weighted by atomic mass is 127. The van der Waals surface area contributed by atoms with Crippen molar-refractivity contribution in [3.63, 3.8) is 0 Å². The lowest BCUT2D eigenvalue weighted by Gasteiger charge is -2.21. The van der Waals surface area contributed by atoms with Crippen molar-refractivity contribution in [1.29, 1.82) is 0 Å². The zero-order valence-corrected chi connectivity index (χ0v) is 18.3. The van der Waals surface area contributed by atoms with Crippen LogP contribution >= 0.6 is 51.2 Å². The lowest BCUT2D eigenvalue weighted by Crippen LogP contribution is -2.39. The summed E-state index contributed by atoms with van der Waals surface area (Å²) in [4.78, 5) is 8.01. The van der Waals surface area contributed by atoms with E-state index in [4.69, 9.17) is 9.47 Å². The van der Waals surface area contributed by atoms with Gasteiger partial charge in [-0.05, 0) is 34.5 Å². The summed E-state index contributed by atoms with van der Waals surface area (Å²) in [6, 6.07) is 4.21. The second kappa shape index (κ2) is 11.6. The summed E-state index contributed by atoms with van der Waals surface area (Å²) in [6.45, 7) is 4.99. The molecule has 1 saturated heterocycles. The highest BCUT2D eigenvalue weighted by Crippen LogP contribution is 2.22. The van der Waals surface area contributed by atoms with E-state index in [1.165, 1.54) is 4.88 Å². The van der Waals surface area contributed by atoms with Gasteiger partial charge >= 0.3 is 0 Å². The van der Waals surface area contributed by atoms with E-state index in [0.717, 1.165) is 42.4 Å². The Balaban J connectivity index is 0.00000264. The quantitative estimate of drug-likeness (QED) is 0.261. The van der Waals surface area contributed by atoms with Gasteiger partial charge in [-0.15, -0.1) is 35.3 Å². The van der Waals surface area contributed by atoms with E-state index in [2.05, 4.69) is 43.3 Å². The lowest BCUT2D eigenvalue weighted by atomic mass is 10.1. The van der Waals surface area contributed by atoms with E-state index in [1.54, 1.807) is 18.4 Å². The molecule has 23 heavy (non-hydrogen) atoms. The van der Waals surface area contributed by atoms with Crippen LogP contribution in [0.1, 0.15) is 11.3 Å². The number of thiophene rings is 1. The van der Waals surface area contributed by atoms with E-state index < -0.39 is 0 Å². The van der Waals surface area contributed by atoms with Crippen LogP contribution in [-0.4, -0.2) is 57.9 Å². The highest BCUT2D eigenvalue weighted by Gasteiger charge is 2.24. The van der Waals surface area contributed by atoms with Gasteiger partial charge in [0.25, 0.3) is 0 Å². The Kier molecular flexibility index (Phi) is 10.7. The molecule has 1 aliphatic rings. The van der Waals surface area contributed by atoms with Crippen molar-refractivity contribution in [2.24, 2.45) is 10.9 Å². The fraction of sp³-hybridized carbons (Fsp3) is 0.667. The summed E-state index contributed by atoms with van der Waals surface area (Å²) in [5.74, 6) is 1.55. The molecule has 1 unspecified atom stereocenters. The fourth-order valence-electron chi connectivity index (χ4n) is 2.50. The molecule has 0 bridgehead atoms. The Morgan fingerprint density at radius 2 is 2.30 bits per heavy atom. The standard InChI is InChI=1S/C15H24BrN3O2S.HI/c1-17-15(18-9-13-3-4-14(16)22-13)19-6-5-12(10-19)11-21-8-7-20-2;/h3-4,12H,5-11H2,1-2H3,(H,17,18);1H. The first-order valence-electron chi connectivity index (χ1n) is 7.49. The Hall–Kier alpha value is 0.1000. The van der Waals surface area contributed by atoms with Crippen LogP contribution in [0, 0.1) is 5.92 Å². The Labute approximate surface area is 168 Å². The molecule has 132 valence electrons. The third kappa shape index (κ3) is 7.25. The summed E-state index contributed by atoms with van der Waals surface area (Å²) in [5.41, 5.74) is 0. The Morgan fingerprint density at radius 1 is 1.48 bits per heavy atom. The number of hydrogen-bond acceptors (Lipinski definition) is 4. The van der Waals surface area contributed by atoms with E-state index in [-0.39, 0.29) is 24.0 Å². The van der Waals surface area contributed by atoms with Gasteiger partial charge in [0.1, 0.15) is 0 Å². The van der Waals surface area contributed by atoms with Crippen LogP contribution in [0.2, 0.25) is 0 Å². The van der Waals surface area contributed by atoms with Gasteiger partial charge < -0.3 is 19.7 Å². The number of guanidine groups is 1. The van der Waals surface area contributed by atoms with E-state index in [1.807, 2.05) is 7.05 Å². The van der Waals surface area contributed by atoms with Gasteiger partial charge in [0.15, 0.2) is 5.96 Å². The normalized spacial score (nSPS) is 18.1. The molecule has 1 aromatic heterocycles. The zero-order chi connectivity index (χ0) is 15.8. The van der Waals surface area contributed by atoms with Gasteiger partial charge in [-0.2, -0.15) is 0 Å². The summed E-state index contributed by atoms with van der Waals surface area (Å²) >= 11 is 5.24. The second-order valence-corrected chi connectivity index (χ2v) is 7.82. The third-order valence-corrected chi connectivity index (χ3v) is 5.26. The molecular formula is C15H25BrIN3O2S. The van der Waals surface area contributed by atoms with E-state index in [9.17, 15) is 0 Å². The first-order valence-corrected chi connectivity index (χ1v) is 9.10. The molecule has 0 radical (unpaired) electrons. The van der Waals surface area contributed by atoms with Crippen LogP contribution in [0.5, 0.6) is 0 Å². The first-order chi connectivity index (χ1) is 10.7. The van der Waals surface area contributed by atoms with E-state index >= 15 is 0 Å². The Bertz CT molecular complexity index is 487. The summed E-state index contributed by atoms with van der Waals surface area (Å²) in [7, 11) is 3.54. The van der Waals surface area contributed by atoms with Crippen LogP contribution in [0.25, 0.3) is 0 Å². The molecule has 1 atom stereocenters. The minimum absolute atomic E-state index is 0. The highest BCUT2D eigenvalue weighted by molar-refractivity contribution is 14.0. The number of nitrogens with zero attached hydrogens (tertiary/aromatic N) is 2. The number of hydrogen-bond donors (Lipinski definition) is 1. The maximum absolute atomic E-state index is 5.64. The average molecular weight is 518 g/mol. The third-order valence-electron chi connectivity index (χ3n) is 3.63. The Morgan fingerprint density at radius 3 is 2.96 bits per heavy atom. The van der Waals surface area contributed by atoms with Gasteiger partial charge in [0.2, 0.25) is 0 Å². The zero-order valence-electron chi connectivity index (χ0n) is 13.6. The van der Waals surface area contributed by atoms with Crippen LogP contribution in [0.15, 0.2) is 20.9 Å². The number of aliphatic imine (C=N–C) groups is 1. The minimum Gasteiger partial charge on any atom is -0.382 e. The molecular weight excluding hydrogens is 493 g/mol. The van der Waals surface area contributed by atoms with Gasteiger partial charge in [-0.25, -0.2) is 0 Å². The second-order valence-electron chi connectivity index (χ2n) is 5.28. The van der Waals surface area contributed by atoms with Crippen molar-refractivity contribution in [2.45, 2.75) is 13.0 Å². The predicted octanol–water partition coefficient (Wildman–Crippen LogP) is 3.19. The van der Waals surface area contributed by atoms with Gasteiger partial charge in [0.05, 0.1) is 30.2 Å². The molecule has 1 aromatic rings. The van der Waals surface area contributed by atoms with Crippen molar-refractivity contribution >= 4 is 57.2 Å². The molecule has 0 aliphatic carbocycles. The fourth-order valence-corrected chi connectivity index (χ4v) is 3.92. The predicted molar refractivity (Wildman–Crippen MR) is 110 cm³/mol.